The molecule has 110 valence electrons. The minimum atomic E-state index is -0.114. The molecule has 0 saturated carbocycles. The summed E-state index contributed by atoms with van der Waals surface area (Å²) in [5, 5.41) is 2.48. The largest absolute Gasteiger partial charge is 0.218 e. The predicted molar refractivity (Wildman–Crippen MR) is 105 cm³/mol. The highest BCUT2D eigenvalue weighted by Gasteiger charge is 2.41. The standard InChI is InChI=1S/C14H19NS5/c1-17-13-8-14(18-2,19-3)11-7-10(15-9-16)5-6-12(11)20(13)4/h5-7,13,20H,8H2,1-4H3. The molecule has 0 fully saturated rings. The van der Waals surface area contributed by atoms with Crippen molar-refractivity contribution < 1.29 is 0 Å². The van der Waals surface area contributed by atoms with E-state index >= 15 is 0 Å². The molecule has 6 heteroatoms. The minimum Gasteiger partial charge on any atom is -0.218 e. The van der Waals surface area contributed by atoms with Crippen LogP contribution in [0.3, 0.4) is 0 Å². The number of aliphatic imine (C=N–C) groups is 1. The number of thiocarbonyl (C=S) groups is 1. The minimum absolute atomic E-state index is 0.114. The topological polar surface area (TPSA) is 12.4 Å². The Hall–Kier alpha value is 0.420. The molecular formula is C14H19NS5. The van der Waals surface area contributed by atoms with Crippen molar-refractivity contribution in [2.45, 2.75) is 20.0 Å². The number of hydrogen-bond acceptors (Lipinski definition) is 5. The van der Waals surface area contributed by atoms with Crippen LogP contribution in [0, 0.1) is 0 Å². The summed E-state index contributed by atoms with van der Waals surface area (Å²) in [5.74, 6) is 0. The Bertz CT molecular complexity index is 534. The molecule has 2 rings (SSSR count). The lowest BCUT2D eigenvalue weighted by Crippen LogP contribution is -2.28. The fourth-order valence-electron chi connectivity index (χ4n) is 2.60. The molecule has 1 nitrogen and oxygen atoms in total. The first-order valence-electron chi connectivity index (χ1n) is 6.20. The number of fused-ring (bicyclic) bond motifs is 1. The van der Waals surface area contributed by atoms with Gasteiger partial charge in [0.1, 0.15) is 0 Å². The quantitative estimate of drug-likeness (QED) is 0.334. The van der Waals surface area contributed by atoms with Gasteiger partial charge >= 0.3 is 0 Å². The van der Waals surface area contributed by atoms with Gasteiger partial charge in [0.15, 0.2) is 0 Å². The molecule has 0 amide bonds. The fourth-order valence-corrected chi connectivity index (χ4v) is 9.25. The van der Waals surface area contributed by atoms with E-state index in [1.54, 1.807) is 0 Å². The average Bonchev–Trinajstić information content (AvgIpc) is 2.49. The number of benzene rings is 1. The van der Waals surface area contributed by atoms with Crippen molar-refractivity contribution in [1.29, 1.82) is 0 Å². The van der Waals surface area contributed by atoms with Gasteiger partial charge in [0, 0.05) is 4.58 Å². The number of hydrogen-bond donors (Lipinski definition) is 1. The summed E-state index contributed by atoms with van der Waals surface area (Å²) in [4.78, 5) is 5.69. The monoisotopic (exact) mass is 361 g/mol. The van der Waals surface area contributed by atoms with Crippen molar-refractivity contribution in [3.8, 4) is 0 Å². The number of rotatable bonds is 4. The summed E-state index contributed by atoms with van der Waals surface area (Å²) < 4.78 is 0.877. The maximum atomic E-state index is 4.74. The lowest BCUT2D eigenvalue weighted by Gasteiger charge is -2.44. The summed E-state index contributed by atoms with van der Waals surface area (Å²) >= 11 is 10.7. The van der Waals surface area contributed by atoms with Gasteiger partial charge in [-0.1, -0.05) is 0 Å². The van der Waals surface area contributed by atoms with Crippen LogP contribution in [-0.2, 0) is 4.08 Å². The van der Waals surface area contributed by atoms with E-state index in [1.807, 2.05) is 35.3 Å². The second kappa shape index (κ2) is 7.12. The van der Waals surface area contributed by atoms with Crippen LogP contribution in [0.15, 0.2) is 28.1 Å². The molecular weight excluding hydrogens is 342 g/mol. The molecule has 0 aromatic heterocycles. The first-order chi connectivity index (χ1) is 9.61. The fraction of sp³-hybridized carbons (Fsp3) is 0.500. The van der Waals surface area contributed by atoms with Gasteiger partial charge in [0.05, 0.1) is 14.9 Å². The summed E-state index contributed by atoms with van der Waals surface area (Å²) in [5.41, 5.74) is 2.38. The Kier molecular flexibility index (Phi) is 5.98. The maximum Gasteiger partial charge on any atom is 0.0883 e. The molecule has 2 unspecified atom stereocenters. The second-order valence-electron chi connectivity index (χ2n) is 4.57. The third-order valence-corrected chi connectivity index (χ3v) is 11.4. The number of thiol groups is 1. The first-order valence-corrected chi connectivity index (χ1v) is 12.2. The van der Waals surface area contributed by atoms with Gasteiger partial charge in [-0.3, -0.25) is 0 Å². The normalized spacial score (nSPS) is 25.6. The Morgan fingerprint density at radius 1 is 1.35 bits per heavy atom. The predicted octanol–water partition coefficient (Wildman–Crippen LogP) is 5.38. The van der Waals surface area contributed by atoms with Crippen molar-refractivity contribution >= 4 is 69.2 Å². The van der Waals surface area contributed by atoms with Crippen LogP contribution >= 0.6 is 58.4 Å². The van der Waals surface area contributed by atoms with E-state index in [9.17, 15) is 0 Å². The Morgan fingerprint density at radius 3 is 2.60 bits per heavy atom. The van der Waals surface area contributed by atoms with E-state index in [-0.39, 0.29) is 15.0 Å². The van der Waals surface area contributed by atoms with E-state index in [1.165, 1.54) is 16.9 Å². The van der Waals surface area contributed by atoms with E-state index in [0.717, 1.165) is 10.3 Å². The molecule has 0 aliphatic carbocycles. The molecule has 1 aliphatic rings. The van der Waals surface area contributed by atoms with Crippen LogP contribution in [0.4, 0.5) is 5.69 Å². The highest BCUT2D eigenvalue weighted by atomic mass is 32.2. The summed E-state index contributed by atoms with van der Waals surface area (Å²) in [6.07, 6.45) is 10.3. The summed E-state index contributed by atoms with van der Waals surface area (Å²) in [7, 11) is -0.114. The highest BCUT2D eigenvalue weighted by molar-refractivity contribution is 8.27. The summed E-state index contributed by atoms with van der Waals surface area (Å²) in [6, 6.07) is 6.55. The molecule has 0 N–H and O–H groups in total. The highest BCUT2D eigenvalue weighted by Crippen LogP contribution is 2.62. The van der Waals surface area contributed by atoms with Crippen molar-refractivity contribution in [2.24, 2.45) is 4.99 Å². The molecule has 0 radical (unpaired) electrons. The van der Waals surface area contributed by atoms with Gasteiger partial charge in [0.2, 0.25) is 0 Å². The van der Waals surface area contributed by atoms with Crippen molar-refractivity contribution in [1.82, 2.24) is 0 Å². The van der Waals surface area contributed by atoms with E-state index < -0.39 is 0 Å². The lowest BCUT2D eigenvalue weighted by atomic mass is 10.1. The van der Waals surface area contributed by atoms with Gasteiger partial charge in [-0.25, -0.2) is 10.9 Å². The number of thioether (sulfide) groups is 3. The molecule has 1 aromatic carbocycles. The number of isothiocyanates is 1. The SMILES string of the molecule is CSC1CC(SC)(SC)c2cc(N=C=S)ccc2[SH]1C. The van der Waals surface area contributed by atoms with E-state index in [4.69, 9.17) is 12.2 Å². The molecule has 1 aromatic rings. The molecule has 20 heavy (non-hydrogen) atoms. The zero-order valence-electron chi connectivity index (χ0n) is 12.0. The molecule has 0 bridgehead atoms. The van der Waals surface area contributed by atoms with Gasteiger partial charge in [-0.05, 0) is 72.3 Å². The molecule has 2 atom stereocenters. The van der Waals surface area contributed by atoms with Gasteiger partial charge in [-0.2, -0.15) is 16.8 Å². The molecule has 0 saturated heterocycles. The Balaban J connectivity index is 2.62. The van der Waals surface area contributed by atoms with Crippen LogP contribution in [0.5, 0.6) is 0 Å². The van der Waals surface area contributed by atoms with Gasteiger partial charge in [0.25, 0.3) is 0 Å². The average molecular weight is 362 g/mol. The zero-order valence-corrected chi connectivity index (χ0v) is 16.2. The molecule has 1 aliphatic heterocycles. The van der Waals surface area contributed by atoms with Crippen LogP contribution < -0.4 is 0 Å². The van der Waals surface area contributed by atoms with Crippen LogP contribution in [-0.4, -0.2) is 34.8 Å². The van der Waals surface area contributed by atoms with Crippen LogP contribution in [0.2, 0.25) is 0 Å². The second-order valence-corrected chi connectivity index (χ2v) is 10.9. The summed E-state index contributed by atoms with van der Waals surface area (Å²) in [6.45, 7) is 0. The maximum absolute atomic E-state index is 4.74. The number of nitrogens with zero attached hydrogens (tertiary/aromatic N) is 1. The van der Waals surface area contributed by atoms with Crippen molar-refractivity contribution in [3.63, 3.8) is 0 Å². The third-order valence-electron chi connectivity index (χ3n) is 3.75. The van der Waals surface area contributed by atoms with Crippen molar-refractivity contribution in [2.75, 3.05) is 25.0 Å². The van der Waals surface area contributed by atoms with Crippen LogP contribution in [0.25, 0.3) is 0 Å². The Labute approximate surface area is 142 Å². The molecule has 1 heterocycles. The van der Waals surface area contributed by atoms with E-state index in [2.05, 4.69) is 53.4 Å². The van der Waals surface area contributed by atoms with Gasteiger partial charge in [-0.15, -0.1) is 23.5 Å². The van der Waals surface area contributed by atoms with E-state index in [0.29, 0.717) is 0 Å². The van der Waals surface area contributed by atoms with Gasteiger partial charge < -0.3 is 0 Å². The molecule has 0 spiro atoms. The first kappa shape index (κ1) is 16.8. The zero-order chi connectivity index (χ0) is 14.8. The smallest absolute Gasteiger partial charge is 0.0883 e. The van der Waals surface area contributed by atoms with Crippen LogP contribution in [0.1, 0.15) is 12.0 Å². The lowest BCUT2D eigenvalue weighted by molar-refractivity contribution is 0.784. The Morgan fingerprint density at radius 2 is 2.05 bits per heavy atom. The van der Waals surface area contributed by atoms with Crippen molar-refractivity contribution in [3.05, 3.63) is 23.8 Å². The third kappa shape index (κ3) is 2.96.